The third kappa shape index (κ3) is 2.08. The summed E-state index contributed by atoms with van der Waals surface area (Å²) in [5.41, 5.74) is 1.44. The molecule has 0 N–H and O–H groups in total. The maximum atomic E-state index is 3.93. The second-order valence-corrected chi connectivity index (χ2v) is 9.76. The molecule has 0 nitrogen and oxygen atoms in total. The minimum absolute atomic E-state index is 0.541. The average molecular weight is 429 g/mol. The number of fused-ring (bicyclic) bond motifs is 2. The molecule has 1 heterocycles. The Morgan fingerprint density at radius 2 is 2.06 bits per heavy atom. The first-order valence-corrected chi connectivity index (χ1v) is 9.05. The van der Waals surface area contributed by atoms with Gasteiger partial charge in [-0.2, -0.15) is 0 Å². The third-order valence-electron chi connectivity index (χ3n) is 4.15. The van der Waals surface area contributed by atoms with E-state index in [-0.39, 0.29) is 0 Å². The summed E-state index contributed by atoms with van der Waals surface area (Å²) in [5.74, 6) is 2.85. The van der Waals surface area contributed by atoms with E-state index in [9.17, 15) is 0 Å². The second-order valence-electron chi connectivity index (χ2n) is 5.02. The van der Waals surface area contributed by atoms with Crippen molar-refractivity contribution in [1.29, 1.82) is 0 Å². The Labute approximate surface area is 126 Å². The maximum absolute atomic E-state index is 3.93. The van der Waals surface area contributed by atoms with Crippen molar-refractivity contribution >= 4 is 59.1 Å². The van der Waals surface area contributed by atoms with Gasteiger partial charge in [0.25, 0.3) is 0 Å². The lowest BCUT2D eigenvalue weighted by atomic mass is 9.85. The summed E-state index contributed by atoms with van der Waals surface area (Å²) in [7, 11) is 0. The molecule has 4 heteroatoms. The maximum Gasteiger partial charge on any atom is 0.0753 e. The molecule has 2 aliphatic carbocycles. The van der Waals surface area contributed by atoms with Crippen molar-refractivity contribution in [3.05, 3.63) is 19.2 Å². The molecule has 2 fully saturated rings. The predicted molar refractivity (Wildman–Crippen MR) is 80.3 cm³/mol. The van der Waals surface area contributed by atoms with Gasteiger partial charge in [0.15, 0.2) is 0 Å². The van der Waals surface area contributed by atoms with Crippen LogP contribution in [0.5, 0.6) is 0 Å². The number of rotatable bonds is 2. The average Bonchev–Trinajstić information content (AvgIpc) is 2.91. The Bertz CT molecular complexity index is 401. The zero-order valence-electron chi connectivity index (χ0n) is 8.76. The van der Waals surface area contributed by atoms with Gasteiger partial charge in [0, 0.05) is 4.83 Å². The van der Waals surface area contributed by atoms with Crippen LogP contribution in [0.15, 0.2) is 13.6 Å². The van der Waals surface area contributed by atoms with Gasteiger partial charge in [0.1, 0.15) is 0 Å². The topological polar surface area (TPSA) is 0 Å². The van der Waals surface area contributed by atoms with Crippen LogP contribution in [0.2, 0.25) is 0 Å². The van der Waals surface area contributed by atoms with Crippen LogP contribution in [0, 0.1) is 17.8 Å². The van der Waals surface area contributed by atoms with Crippen LogP contribution >= 0.6 is 59.1 Å². The molecule has 1 aromatic rings. The summed E-state index contributed by atoms with van der Waals surface area (Å²) in [6, 6.07) is 2.26. The quantitative estimate of drug-likeness (QED) is 0.496. The van der Waals surface area contributed by atoms with Crippen molar-refractivity contribution < 1.29 is 0 Å². The molecular weight excluding hydrogens is 416 g/mol. The highest BCUT2D eigenvalue weighted by atomic mass is 79.9. The van der Waals surface area contributed by atoms with Crippen LogP contribution in [0.1, 0.15) is 36.1 Å². The molecule has 4 atom stereocenters. The molecule has 0 aliphatic heterocycles. The van der Waals surface area contributed by atoms with Crippen LogP contribution in [-0.4, -0.2) is 0 Å². The van der Waals surface area contributed by atoms with Crippen LogP contribution in [0.3, 0.4) is 0 Å². The standard InChI is InChI=1S/C12H13Br3S/c13-10-5-9(12(15)16-10)11(14)8-4-6-1-2-7(8)3-6/h5-8,11H,1-4H2. The van der Waals surface area contributed by atoms with Crippen molar-refractivity contribution in [3.63, 3.8) is 0 Å². The van der Waals surface area contributed by atoms with E-state index < -0.39 is 0 Å². The molecule has 2 aliphatic rings. The minimum Gasteiger partial charge on any atom is -0.121 e. The zero-order valence-corrected chi connectivity index (χ0v) is 14.3. The highest BCUT2D eigenvalue weighted by Crippen LogP contribution is 2.56. The summed E-state index contributed by atoms with van der Waals surface area (Å²) in [6.07, 6.45) is 5.85. The Morgan fingerprint density at radius 1 is 1.25 bits per heavy atom. The summed E-state index contributed by atoms with van der Waals surface area (Å²) >= 11 is 13.0. The minimum atomic E-state index is 0.541. The smallest absolute Gasteiger partial charge is 0.0753 e. The highest BCUT2D eigenvalue weighted by molar-refractivity contribution is 9.12. The van der Waals surface area contributed by atoms with Crippen LogP contribution in [0.25, 0.3) is 0 Å². The van der Waals surface area contributed by atoms with Crippen LogP contribution in [-0.2, 0) is 0 Å². The summed E-state index contributed by atoms with van der Waals surface area (Å²) in [6.45, 7) is 0. The first kappa shape index (κ1) is 12.2. The molecule has 16 heavy (non-hydrogen) atoms. The molecular formula is C12H13Br3S. The normalized spacial score (nSPS) is 34.6. The van der Waals surface area contributed by atoms with Gasteiger partial charge in [-0.25, -0.2) is 0 Å². The van der Waals surface area contributed by atoms with Gasteiger partial charge >= 0.3 is 0 Å². The summed E-state index contributed by atoms with van der Waals surface area (Å²) in [4.78, 5) is 0.541. The Hall–Kier alpha value is 1.14. The van der Waals surface area contributed by atoms with E-state index >= 15 is 0 Å². The van der Waals surface area contributed by atoms with E-state index in [1.807, 2.05) is 0 Å². The van der Waals surface area contributed by atoms with E-state index in [0.29, 0.717) is 4.83 Å². The van der Waals surface area contributed by atoms with Gasteiger partial charge in [-0.15, -0.1) is 11.3 Å². The Kier molecular flexibility index (Phi) is 3.56. The lowest BCUT2D eigenvalue weighted by Gasteiger charge is -2.26. The number of halogens is 3. The summed E-state index contributed by atoms with van der Waals surface area (Å²) < 4.78 is 2.51. The number of thiophene rings is 1. The first-order valence-electron chi connectivity index (χ1n) is 5.74. The predicted octanol–water partition coefficient (Wildman–Crippen LogP) is 6.15. The van der Waals surface area contributed by atoms with Gasteiger partial charge in [0.2, 0.25) is 0 Å². The molecule has 0 aromatic carbocycles. The van der Waals surface area contributed by atoms with E-state index in [1.54, 1.807) is 11.3 Å². The molecule has 1 aromatic heterocycles. The van der Waals surface area contributed by atoms with E-state index in [1.165, 1.54) is 38.8 Å². The lowest BCUT2D eigenvalue weighted by molar-refractivity contribution is 0.329. The fourth-order valence-corrected chi connectivity index (χ4v) is 7.82. The van der Waals surface area contributed by atoms with E-state index in [4.69, 9.17) is 0 Å². The molecule has 0 spiro atoms. The largest absolute Gasteiger partial charge is 0.121 e. The number of hydrogen-bond donors (Lipinski definition) is 0. The third-order valence-corrected chi connectivity index (χ3v) is 7.71. The summed E-state index contributed by atoms with van der Waals surface area (Å²) in [5, 5.41) is 0. The van der Waals surface area contributed by atoms with Crippen LogP contribution < -0.4 is 0 Å². The SMILES string of the molecule is Brc1cc(C(Br)C2CC3CCC2C3)c(Br)s1. The monoisotopic (exact) mass is 426 g/mol. The molecule has 0 radical (unpaired) electrons. The fraction of sp³-hybridized carbons (Fsp3) is 0.667. The van der Waals surface area contributed by atoms with Crippen molar-refractivity contribution in [3.8, 4) is 0 Å². The Balaban J connectivity index is 1.82. The first-order chi connectivity index (χ1) is 7.65. The fourth-order valence-electron chi connectivity index (χ4n) is 3.42. The van der Waals surface area contributed by atoms with E-state index in [2.05, 4.69) is 53.9 Å². The zero-order chi connectivity index (χ0) is 11.3. The lowest BCUT2D eigenvalue weighted by Crippen LogP contribution is -2.15. The highest BCUT2D eigenvalue weighted by Gasteiger charge is 2.43. The Morgan fingerprint density at radius 3 is 2.56 bits per heavy atom. The van der Waals surface area contributed by atoms with Gasteiger partial charge < -0.3 is 0 Å². The van der Waals surface area contributed by atoms with Crippen molar-refractivity contribution in [1.82, 2.24) is 0 Å². The molecule has 2 saturated carbocycles. The molecule has 4 unspecified atom stereocenters. The molecule has 88 valence electrons. The number of hydrogen-bond acceptors (Lipinski definition) is 1. The second kappa shape index (κ2) is 4.67. The van der Waals surface area contributed by atoms with Gasteiger partial charge in [-0.1, -0.05) is 22.4 Å². The van der Waals surface area contributed by atoms with Crippen molar-refractivity contribution in [2.45, 2.75) is 30.5 Å². The van der Waals surface area contributed by atoms with Crippen molar-refractivity contribution in [2.24, 2.45) is 17.8 Å². The van der Waals surface area contributed by atoms with Crippen LogP contribution in [0.4, 0.5) is 0 Å². The molecule has 2 bridgehead atoms. The molecule has 3 rings (SSSR count). The van der Waals surface area contributed by atoms with Crippen molar-refractivity contribution in [2.75, 3.05) is 0 Å². The number of alkyl halides is 1. The van der Waals surface area contributed by atoms with E-state index in [0.717, 1.165) is 17.8 Å². The molecule has 0 amide bonds. The van der Waals surface area contributed by atoms with Gasteiger partial charge in [-0.3, -0.25) is 0 Å². The van der Waals surface area contributed by atoms with Gasteiger partial charge in [-0.05, 0) is 80.5 Å². The van der Waals surface area contributed by atoms with Gasteiger partial charge in [0.05, 0.1) is 7.57 Å². The molecule has 0 saturated heterocycles.